The molecule has 2 aromatic rings. The van der Waals surface area contributed by atoms with Crippen molar-refractivity contribution >= 4 is 40.6 Å². The van der Waals surface area contributed by atoms with Gasteiger partial charge in [0.15, 0.2) is 0 Å². The number of aryl methyl sites for hydroxylation is 1. The van der Waals surface area contributed by atoms with E-state index in [1.807, 2.05) is 24.4 Å². The Kier molecular flexibility index (Phi) is 3.29. The van der Waals surface area contributed by atoms with E-state index >= 15 is 0 Å². The van der Waals surface area contributed by atoms with Gasteiger partial charge in [0.25, 0.3) is 0 Å². The second kappa shape index (κ2) is 4.11. The fourth-order valence-electron chi connectivity index (χ4n) is 1.59. The van der Waals surface area contributed by atoms with Crippen molar-refractivity contribution in [2.75, 3.05) is 5.73 Å². The average Bonchev–Trinajstić information content (AvgIpc) is 2.44. The second-order valence-electron chi connectivity index (χ2n) is 3.00. The van der Waals surface area contributed by atoms with Crippen molar-refractivity contribution in [1.82, 2.24) is 4.57 Å². The molecule has 0 spiro atoms. The Bertz CT molecular complexity index is 449. The van der Waals surface area contributed by atoms with Gasteiger partial charge in [-0.25, -0.2) is 0 Å². The first-order valence-corrected chi connectivity index (χ1v) is 4.64. The number of anilines is 1. The molecule has 0 bridgehead atoms. The maximum Gasteiger partial charge on any atom is 0.0682 e. The molecule has 2 nitrogen and oxygen atoms in total. The third kappa shape index (κ3) is 1.56. The SMILES string of the molecule is CCn1cc(Cl)c2c(N)cccc21.Cl. The number of benzene rings is 1. The molecule has 1 heterocycles. The molecular formula is C10H12Cl2N2. The first kappa shape index (κ1) is 11.2. The lowest BCUT2D eigenvalue weighted by atomic mass is 10.2. The molecule has 0 saturated heterocycles. The zero-order valence-corrected chi connectivity index (χ0v) is 9.40. The lowest BCUT2D eigenvalue weighted by molar-refractivity contribution is 0.798. The smallest absolute Gasteiger partial charge is 0.0682 e. The van der Waals surface area contributed by atoms with Gasteiger partial charge in [0.05, 0.1) is 10.5 Å². The summed E-state index contributed by atoms with van der Waals surface area (Å²) >= 11 is 6.06. The van der Waals surface area contributed by atoms with Crippen LogP contribution in [0, 0.1) is 0 Å². The summed E-state index contributed by atoms with van der Waals surface area (Å²) in [7, 11) is 0. The first-order chi connectivity index (χ1) is 6.24. The predicted octanol–water partition coefficient (Wildman–Crippen LogP) is 3.32. The van der Waals surface area contributed by atoms with Crippen molar-refractivity contribution in [2.24, 2.45) is 0 Å². The number of nitrogens with zero attached hydrogens (tertiary/aromatic N) is 1. The van der Waals surface area contributed by atoms with Crippen molar-refractivity contribution in [3.8, 4) is 0 Å². The molecule has 0 saturated carbocycles. The zero-order chi connectivity index (χ0) is 9.42. The van der Waals surface area contributed by atoms with Crippen molar-refractivity contribution < 1.29 is 0 Å². The van der Waals surface area contributed by atoms with Crippen LogP contribution in [0.1, 0.15) is 6.92 Å². The molecule has 2 rings (SSSR count). The standard InChI is InChI=1S/C10H11ClN2.ClH/c1-2-13-6-7(11)10-8(12)4-3-5-9(10)13;/h3-6H,2,12H2,1H3;1H. The van der Waals surface area contributed by atoms with Crippen molar-refractivity contribution in [1.29, 1.82) is 0 Å². The summed E-state index contributed by atoms with van der Waals surface area (Å²) in [5.41, 5.74) is 7.68. The topological polar surface area (TPSA) is 30.9 Å². The van der Waals surface area contributed by atoms with Crippen LogP contribution < -0.4 is 5.73 Å². The van der Waals surface area contributed by atoms with E-state index in [0.29, 0.717) is 0 Å². The van der Waals surface area contributed by atoms with Crippen LogP contribution in [-0.2, 0) is 6.54 Å². The number of nitrogen functional groups attached to an aromatic ring is 1. The minimum absolute atomic E-state index is 0. The number of rotatable bonds is 1. The van der Waals surface area contributed by atoms with Crippen LogP contribution in [0.25, 0.3) is 10.9 Å². The normalized spacial score (nSPS) is 10.1. The number of fused-ring (bicyclic) bond motifs is 1. The van der Waals surface area contributed by atoms with Crippen LogP contribution in [-0.4, -0.2) is 4.57 Å². The van der Waals surface area contributed by atoms with Gasteiger partial charge < -0.3 is 10.3 Å². The molecule has 76 valence electrons. The number of aromatic nitrogens is 1. The maximum atomic E-state index is 6.06. The van der Waals surface area contributed by atoms with E-state index in [4.69, 9.17) is 17.3 Å². The number of halogens is 2. The molecule has 4 heteroatoms. The number of nitrogens with two attached hydrogens (primary N) is 1. The molecule has 14 heavy (non-hydrogen) atoms. The van der Waals surface area contributed by atoms with Crippen LogP contribution in [0.2, 0.25) is 5.02 Å². The van der Waals surface area contributed by atoms with Gasteiger partial charge in [-0.3, -0.25) is 0 Å². The maximum absolute atomic E-state index is 6.06. The molecular weight excluding hydrogens is 219 g/mol. The lowest BCUT2D eigenvalue weighted by Crippen LogP contribution is -1.91. The largest absolute Gasteiger partial charge is 0.398 e. The molecule has 0 fully saturated rings. The Morgan fingerprint density at radius 2 is 2.14 bits per heavy atom. The predicted molar refractivity (Wildman–Crippen MR) is 64.3 cm³/mol. The Morgan fingerprint density at radius 1 is 1.43 bits per heavy atom. The highest BCUT2D eigenvalue weighted by Crippen LogP contribution is 2.30. The van der Waals surface area contributed by atoms with Gasteiger partial charge in [0.2, 0.25) is 0 Å². The fraction of sp³-hybridized carbons (Fsp3) is 0.200. The number of hydrogen-bond acceptors (Lipinski definition) is 1. The lowest BCUT2D eigenvalue weighted by Gasteiger charge is -2.00. The van der Waals surface area contributed by atoms with Crippen molar-refractivity contribution in [2.45, 2.75) is 13.5 Å². The average molecular weight is 231 g/mol. The van der Waals surface area contributed by atoms with Gasteiger partial charge in [-0.05, 0) is 19.1 Å². The van der Waals surface area contributed by atoms with E-state index in [1.165, 1.54) is 0 Å². The Hall–Kier alpha value is -0.860. The summed E-state index contributed by atoms with van der Waals surface area (Å²) in [6.45, 7) is 2.99. The quantitative estimate of drug-likeness (QED) is 0.750. The summed E-state index contributed by atoms with van der Waals surface area (Å²) < 4.78 is 2.09. The van der Waals surface area contributed by atoms with Gasteiger partial charge in [-0.15, -0.1) is 12.4 Å². The molecule has 0 atom stereocenters. The Balaban J connectivity index is 0.000000980. The Morgan fingerprint density at radius 3 is 2.79 bits per heavy atom. The van der Waals surface area contributed by atoms with Crippen molar-refractivity contribution in [3.63, 3.8) is 0 Å². The summed E-state index contributed by atoms with van der Waals surface area (Å²) in [5.74, 6) is 0. The number of hydrogen-bond donors (Lipinski definition) is 1. The summed E-state index contributed by atoms with van der Waals surface area (Å²) in [6.07, 6.45) is 1.92. The van der Waals surface area contributed by atoms with Gasteiger partial charge in [0, 0.05) is 23.8 Å². The van der Waals surface area contributed by atoms with Gasteiger partial charge in [-0.2, -0.15) is 0 Å². The molecule has 0 aliphatic heterocycles. The van der Waals surface area contributed by atoms with Gasteiger partial charge in [0.1, 0.15) is 0 Å². The summed E-state index contributed by atoms with van der Waals surface area (Å²) in [5, 5.41) is 1.70. The van der Waals surface area contributed by atoms with E-state index in [2.05, 4.69) is 11.5 Å². The molecule has 0 aliphatic carbocycles. The minimum Gasteiger partial charge on any atom is -0.398 e. The van der Waals surface area contributed by atoms with Crippen LogP contribution >= 0.6 is 24.0 Å². The van der Waals surface area contributed by atoms with Crippen LogP contribution in [0.15, 0.2) is 24.4 Å². The van der Waals surface area contributed by atoms with Crippen LogP contribution in [0.5, 0.6) is 0 Å². The Labute approximate surface area is 94.1 Å². The summed E-state index contributed by atoms with van der Waals surface area (Å²) in [4.78, 5) is 0. The molecule has 0 aliphatic rings. The highest BCUT2D eigenvalue weighted by Gasteiger charge is 2.07. The second-order valence-corrected chi connectivity index (χ2v) is 3.41. The van der Waals surface area contributed by atoms with E-state index in [9.17, 15) is 0 Å². The van der Waals surface area contributed by atoms with E-state index in [-0.39, 0.29) is 12.4 Å². The molecule has 0 amide bonds. The third-order valence-corrected chi connectivity index (χ3v) is 2.52. The van der Waals surface area contributed by atoms with E-state index in [1.54, 1.807) is 0 Å². The molecule has 0 unspecified atom stereocenters. The van der Waals surface area contributed by atoms with Crippen LogP contribution in [0.3, 0.4) is 0 Å². The summed E-state index contributed by atoms with van der Waals surface area (Å²) in [6, 6.07) is 5.84. The molecule has 1 aromatic carbocycles. The van der Waals surface area contributed by atoms with Crippen LogP contribution in [0.4, 0.5) is 5.69 Å². The van der Waals surface area contributed by atoms with Gasteiger partial charge >= 0.3 is 0 Å². The third-order valence-electron chi connectivity index (χ3n) is 2.23. The fourth-order valence-corrected chi connectivity index (χ4v) is 1.91. The molecule has 1 aromatic heterocycles. The minimum atomic E-state index is 0. The highest BCUT2D eigenvalue weighted by molar-refractivity contribution is 6.36. The van der Waals surface area contributed by atoms with E-state index < -0.39 is 0 Å². The monoisotopic (exact) mass is 230 g/mol. The first-order valence-electron chi connectivity index (χ1n) is 4.27. The van der Waals surface area contributed by atoms with Crippen molar-refractivity contribution in [3.05, 3.63) is 29.4 Å². The van der Waals surface area contributed by atoms with Gasteiger partial charge in [-0.1, -0.05) is 17.7 Å². The molecule has 2 N–H and O–H groups in total. The highest BCUT2D eigenvalue weighted by atomic mass is 35.5. The molecule has 0 radical (unpaired) electrons. The van der Waals surface area contributed by atoms with E-state index in [0.717, 1.165) is 28.2 Å². The zero-order valence-electron chi connectivity index (χ0n) is 7.83.